The van der Waals surface area contributed by atoms with Gasteiger partial charge in [0.05, 0.1) is 37.2 Å². The van der Waals surface area contributed by atoms with Crippen molar-refractivity contribution in [2.75, 3.05) is 18.1 Å². The fourth-order valence-electron chi connectivity index (χ4n) is 3.99. The second-order valence-electron chi connectivity index (χ2n) is 7.79. The molecule has 5 rings (SSSR count). The van der Waals surface area contributed by atoms with Crippen molar-refractivity contribution in [2.45, 2.75) is 25.1 Å². The van der Waals surface area contributed by atoms with Crippen LogP contribution in [0.4, 0.5) is 14.6 Å². The van der Waals surface area contributed by atoms with Crippen molar-refractivity contribution in [3.63, 3.8) is 0 Å². The minimum absolute atomic E-state index is 0.0257. The van der Waals surface area contributed by atoms with Gasteiger partial charge in [-0.05, 0) is 18.6 Å². The molecule has 0 saturated carbocycles. The zero-order valence-corrected chi connectivity index (χ0v) is 17.3. The molecule has 2 unspecified atom stereocenters. The Morgan fingerprint density at radius 2 is 1.97 bits per heavy atom. The van der Waals surface area contributed by atoms with Gasteiger partial charge in [0.1, 0.15) is 23.5 Å². The van der Waals surface area contributed by atoms with Crippen molar-refractivity contribution in [3.05, 3.63) is 66.1 Å². The monoisotopic (exact) mass is 454 g/mol. The molecule has 4 aromatic rings. The first kappa shape index (κ1) is 21.2. The highest BCUT2D eigenvalue weighted by molar-refractivity contribution is 5.63. The molecule has 0 amide bonds. The Labute approximate surface area is 186 Å². The minimum Gasteiger partial charge on any atom is -0.394 e. The Kier molecular flexibility index (Phi) is 5.56. The molecule has 0 bridgehead atoms. The van der Waals surface area contributed by atoms with Gasteiger partial charge in [-0.3, -0.25) is 4.68 Å². The topological polar surface area (TPSA) is 113 Å². The van der Waals surface area contributed by atoms with Crippen LogP contribution in [0, 0.1) is 11.6 Å². The van der Waals surface area contributed by atoms with E-state index in [0.717, 1.165) is 6.20 Å². The molecule has 11 heteroatoms. The van der Waals surface area contributed by atoms with Gasteiger partial charge >= 0.3 is 0 Å². The maximum absolute atomic E-state index is 14.6. The third-order valence-corrected chi connectivity index (χ3v) is 5.59. The van der Waals surface area contributed by atoms with Crippen molar-refractivity contribution < 1.29 is 23.5 Å². The average molecular weight is 454 g/mol. The summed E-state index contributed by atoms with van der Waals surface area (Å²) in [7, 11) is 0. The smallest absolute Gasteiger partial charge is 0.183 e. The van der Waals surface area contributed by atoms with Crippen LogP contribution in [-0.2, 0) is 6.54 Å². The third-order valence-electron chi connectivity index (χ3n) is 5.59. The summed E-state index contributed by atoms with van der Waals surface area (Å²) in [4.78, 5) is 9.95. The lowest BCUT2D eigenvalue weighted by atomic mass is 10.2. The highest BCUT2D eigenvalue weighted by Gasteiger charge is 2.33. The van der Waals surface area contributed by atoms with Crippen LogP contribution in [0.15, 0.2) is 53.4 Å². The lowest BCUT2D eigenvalue weighted by molar-refractivity contribution is 0.184. The Morgan fingerprint density at radius 3 is 2.73 bits per heavy atom. The predicted molar refractivity (Wildman–Crippen MR) is 113 cm³/mol. The normalized spacial score (nSPS) is 18.2. The molecule has 2 N–H and O–H groups in total. The molecule has 0 radical (unpaired) electrons. The molecule has 170 valence electrons. The maximum Gasteiger partial charge on any atom is 0.183 e. The first-order chi connectivity index (χ1) is 16.0. The Bertz CT molecular complexity index is 1260. The molecule has 3 aromatic heterocycles. The van der Waals surface area contributed by atoms with E-state index in [2.05, 4.69) is 20.2 Å². The van der Waals surface area contributed by atoms with E-state index in [4.69, 9.17) is 4.52 Å². The number of aliphatic hydroxyl groups is 2. The lowest BCUT2D eigenvalue weighted by Crippen LogP contribution is -2.34. The summed E-state index contributed by atoms with van der Waals surface area (Å²) in [6, 6.07) is 9.22. The van der Waals surface area contributed by atoms with E-state index in [0.29, 0.717) is 29.1 Å². The molecule has 1 aliphatic heterocycles. The number of hydrogen-bond donors (Lipinski definition) is 2. The molecule has 33 heavy (non-hydrogen) atoms. The van der Waals surface area contributed by atoms with Gasteiger partial charge in [-0.2, -0.15) is 5.10 Å². The zero-order valence-electron chi connectivity index (χ0n) is 17.3. The average Bonchev–Trinajstić information content (AvgIpc) is 3.55. The van der Waals surface area contributed by atoms with Crippen molar-refractivity contribution >= 4 is 5.82 Å². The molecule has 1 fully saturated rings. The summed E-state index contributed by atoms with van der Waals surface area (Å²) in [5.41, 5.74) is 1.78. The van der Waals surface area contributed by atoms with Gasteiger partial charge in [-0.1, -0.05) is 23.4 Å². The highest BCUT2D eigenvalue weighted by atomic mass is 19.1. The third kappa shape index (κ3) is 4.08. The standard InChI is InChI=1S/C22H20F2N6O3/c23-16-4-2-1-3-13(16)10-30-20(18-5-6-33-28-18)8-19(27-30)21-25-9-17(24)22(26-21)29-11-15(32)7-14(29)12-31/h1-6,8-9,14-15,31-32H,7,10-12H2. The largest absolute Gasteiger partial charge is 0.394 e. The molecule has 0 aliphatic carbocycles. The van der Waals surface area contributed by atoms with E-state index in [9.17, 15) is 19.0 Å². The van der Waals surface area contributed by atoms with E-state index < -0.39 is 18.0 Å². The molecule has 1 aromatic carbocycles. The van der Waals surface area contributed by atoms with Crippen LogP contribution >= 0.6 is 0 Å². The Morgan fingerprint density at radius 1 is 1.12 bits per heavy atom. The fourth-order valence-corrected chi connectivity index (χ4v) is 3.99. The van der Waals surface area contributed by atoms with Crippen molar-refractivity contribution in [2.24, 2.45) is 0 Å². The number of benzene rings is 1. The number of aliphatic hydroxyl groups excluding tert-OH is 2. The second-order valence-corrected chi connectivity index (χ2v) is 7.79. The molecule has 4 heterocycles. The number of halogens is 2. The molecule has 0 spiro atoms. The SMILES string of the molecule is OCC1CC(O)CN1c1nc(-c2cc(-c3ccon3)n(Cc3ccccc3F)n2)ncc1F. The molecule has 9 nitrogen and oxygen atoms in total. The molecular weight excluding hydrogens is 434 g/mol. The number of nitrogens with zero attached hydrogens (tertiary/aromatic N) is 6. The first-order valence-electron chi connectivity index (χ1n) is 10.3. The summed E-state index contributed by atoms with van der Waals surface area (Å²) < 4.78 is 35.4. The summed E-state index contributed by atoms with van der Waals surface area (Å²) >= 11 is 0. The quantitative estimate of drug-likeness (QED) is 0.456. The van der Waals surface area contributed by atoms with E-state index in [1.54, 1.807) is 35.0 Å². The summed E-state index contributed by atoms with van der Waals surface area (Å²) in [6.45, 7) is 0.0156. The van der Waals surface area contributed by atoms with Crippen LogP contribution in [0.5, 0.6) is 0 Å². The van der Waals surface area contributed by atoms with Crippen LogP contribution in [0.25, 0.3) is 22.9 Å². The van der Waals surface area contributed by atoms with Crippen molar-refractivity contribution in [3.8, 4) is 22.9 Å². The van der Waals surface area contributed by atoms with Gasteiger partial charge in [0.15, 0.2) is 17.5 Å². The Hall–Kier alpha value is -3.70. The van der Waals surface area contributed by atoms with Gasteiger partial charge in [0.25, 0.3) is 0 Å². The van der Waals surface area contributed by atoms with Crippen molar-refractivity contribution in [1.82, 2.24) is 24.9 Å². The molecule has 2 atom stereocenters. The van der Waals surface area contributed by atoms with E-state index >= 15 is 0 Å². The second kappa shape index (κ2) is 8.68. The van der Waals surface area contributed by atoms with E-state index in [1.165, 1.54) is 17.2 Å². The van der Waals surface area contributed by atoms with Crippen LogP contribution in [0.1, 0.15) is 12.0 Å². The van der Waals surface area contributed by atoms with Crippen LogP contribution in [0.2, 0.25) is 0 Å². The summed E-state index contributed by atoms with van der Waals surface area (Å²) in [5.74, 6) is -0.929. The summed E-state index contributed by atoms with van der Waals surface area (Å²) in [5, 5.41) is 28.1. The molecular formula is C22H20F2N6O3. The number of aromatic nitrogens is 5. The number of rotatable bonds is 6. The summed E-state index contributed by atoms with van der Waals surface area (Å²) in [6.07, 6.45) is 2.06. The van der Waals surface area contributed by atoms with Gasteiger partial charge in [-0.25, -0.2) is 18.7 Å². The highest BCUT2D eigenvalue weighted by Crippen LogP contribution is 2.29. The van der Waals surface area contributed by atoms with Crippen molar-refractivity contribution in [1.29, 1.82) is 0 Å². The van der Waals surface area contributed by atoms with E-state index in [1.807, 2.05) is 0 Å². The van der Waals surface area contributed by atoms with Gasteiger partial charge in [0.2, 0.25) is 0 Å². The Balaban J connectivity index is 1.55. The lowest BCUT2D eigenvalue weighted by Gasteiger charge is -2.24. The number of hydrogen-bond acceptors (Lipinski definition) is 8. The predicted octanol–water partition coefficient (Wildman–Crippen LogP) is 2.25. The maximum atomic E-state index is 14.6. The van der Waals surface area contributed by atoms with Gasteiger partial charge in [0, 0.05) is 18.2 Å². The fraction of sp³-hybridized carbons (Fsp3) is 0.273. The van der Waals surface area contributed by atoms with Crippen LogP contribution in [0.3, 0.4) is 0 Å². The number of anilines is 1. The number of β-amino-alcohol motifs (C(OH)–C–C–N with tert-alkyl or cyclic N) is 1. The van der Waals surface area contributed by atoms with Crippen LogP contribution in [-0.4, -0.2) is 60.4 Å². The van der Waals surface area contributed by atoms with Crippen LogP contribution < -0.4 is 4.90 Å². The minimum atomic E-state index is -0.696. The molecule has 1 saturated heterocycles. The first-order valence-corrected chi connectivity index (χ1v) is 10.3. The zero-order chi connectivity index (χ0) is 22.9. The molecule has 1 aliphatic rings. The van der Waals surface area contributed by atoms with Gasteiger partial charge in [-0.15, -0.1) is 0 Å². The van der Waals surface area contributed by atoms with E-state index in [-0.39, 0.29) is 37.2 Å². The van der Waals surface area contributed by atoms with Gasteiger partial charge < -0.3 is 19.6 Å².